The van der Waals surface area contributed by atoms with Crippen molar-refractivity contribution in [1.82, 2.24) is 9.80 Å². The van der Waals surface area contributed by atoms with Gasteiger partial charge in [0.25, 0.3) is 5.91 Å². The van der Waals surface area contributed by atoms with Crippen molar-refractivity contribution in [3.63, 3.8) is 0 Å². The Kier molecular flexibility index (Phi) is 4.74. The lowest BCUT2D eigenvalue weighted by Crippen LogP contribution is -2.63. The summed E-state index contributed by atoms with van der Waals surface area (Å²) in [6.07, 6.45) is 8.11. The van der Waals surface area contributed by atoms with Crippen LogP contribution in [0.5, 0.6) is 5.75 Å². The van der Waals surface area contributed by atoms with Crippen LogP contribution in [0, 0.1) is 24.7 Å². The second-order valence-corrected chi connectivity index (χ2v) is 10.5. The summed E-state index contributed by atoms with van der Waals surface area (Å²) >= 11 is 0. The fourth-order valence-corrected chi connectivity index (χ4v) is 6.76. The SMILES string of the molecule is Cc1ccc2c(c1)N(CC(=O)N1C[C@@H]3C[C@H](C1)[C@@H]1CCC[C@H](C4CC4)N1C3)C(=O)CO2. The van der Waals surface area contributed by atoms with Crippen LogP contribution in [0.4, 0.5) is 5.69 Å². The molecule has 0 radical (unpaired) electrons. The van der Waals surface area contributed by atoms with Gasteiger partial charge in [-0.15, -0.1) is 0 Å². The molecule has 2 bridgehead atoms. The second kappa shape index (κ2) is 7.51. The Bertz CT molecular complexity index is 898. The van der Waals surface area contributed by atoms with E-state index >= 15 is 0 Å². The lowest BCUT2D eigenvalue weighted by atomic mass is 9.74. The predicted molar refractivity (Wildman–Crippen MR) is 118 cm³/mol. The zero-order chi connectivity index (χ0) is 21.1. The summed E-state index contributed by atoms with van der Waals surface area (Å²) < 4.78 is 5.58. The van der Waals surface area contributed by atoms with Crippen molar-refractivity contribution < 1.29 is 14.3 Å². The number of carbonyl (C=O) groups excluding carboxylic acids is 2. The molecule has 0 N–H and O–H groups in total. The molecule has 31 heavy (non-hydrogen) atoms. The highest BCUT2D eigenvalue weighted by atomic mass is 16.5. The van der Waals surface area contributed by atoms with E-state index in [4.69, 9.17) is 4.74 Å². The second-order valence-electron chi connectivity index (χ2n) is 10.5. The number of aryl methyl sites for hydroxylation is 1. The molecule has 6 nitrogen and oxygen atoms in total. The molecule has 6 heteroatoms. The summed E-state index contributed by atoms with van der Waals surface area (Å²) in [4.78, 5) is 32.5. The molecule has 6 rings (SSSR count). The van der Waals surface area contributed by atoms with Crippen LogP contribution in [-0.4, -0.2) is 66.5 Å². The Hall–Kier alpha value is -2.08. The number of anilines is 1. The van der Waals surface area contributed by atoms with Crippen LogP contribution >= 0.6 is 0 Å². The Morgan fingerprint density at radius 2 is 1.87 bits per heavy atom. The fourth-order valence-electron chi connectivity index (χ4n) is 6.76. The van der Waals surface area contributed by atoms with Crippen molar-refractivity contribution in [2.75, 3.05) is 37.7 Å². The minimum atomic E-state index is -0.130. The maximum absolute atomic E-state index is 13.4. The first-order chi connectivity index (χ1) is 15.1. The van der Waals surface area contributed by atoms with Gasteiger partial charge >= 0.3 is 0 Å². The van der Waals surface area contributed by atoms with Gasteiger partial charge in [0.05, 0.1) is 5.69 Å². The maximum atomic E-state index is 13.4. The Balaban J connectivity index is 1.17. The van der Waals surface area contributed by atoms with Crippen LogP contribution in [0.1, 0.15) is 44.1 Å². The van der Waals surface area contributed by atoms with E-state index in [1.165, 1.54) is 38.5 Å². The highest BCUT2D eigenvalue weighted by molar-refractivity contribution is 6.02. The Labute approximate surface area is 184 Å². The molecular weight excluding hydrogens is 390 g/mol. The van der Waals surface area contributed by atoms with Crippen LogP contribution in [0.15, 0.2) is 18.2 Å². The molecule has 1 saturated carbocycles. The average Bonchev–Trinajstić information content (AvgIpc) is 3.60. The van der Waals surface area contributed by atoms with E-state index in [1.54, 1.807) is 4.90 Å². The maximum Gasteiger partial charge on any atom is 0.265 e. The molecule has 0 unspecified atom stereocenters. The van der Waals surface area contributed by atoms with Gasteiger partial charge in [-0.3, -0.25) is 19.4 Å². The molecule has 1 aromatic carbocycles. The monoisotopic (exact) mass is 423 g/mol. The highest BCUT2D eigenvalue weighted by Crippen LogP contribution is 2.46. The zero-order valence-corrected chi connectivity index (χ0v) is 18.5. The van der Waals surface area contributed by atoms with Gasteiger partial charge in [0.15, 0.2) is 6.61 Å². The van der Waals surface area contributed by atoms with Gasteiger partial charge in [-0.1, -0.05) is 12.5 Å². The van der Waals surface area contributed by atoms with E-state index in [9.17, 15) is 9.59 Å². The Morgan fingerprint density at radius 1 is 1.06 bits per heavy atom. The number of hydrogen-bond acceptors (Lipinski definition) is 4. The number of nitrogens with zero attached hydrogens (tertiary/aromatic N) is 3. The molecule has 4 atom stereocenters. The van der Waals surface area contributed by atoms with Crippen LogP contribution < -0.4 is 9.64 Å². The fraction of sp³-hybridized carbons (Fsp3) is 0.680. The number of ether oxygens (including phenoxy) is 1. The van der Waals surface area contributed by atoms with Crippen molar-refractivity contribution in [1.29, 1.82) is 0 Å². The first-order valence-corrected chi connectivity index (χ1v) is 12.1. The molecule has 0 spiro atoms. The lowest BCUT2D eigenvalue weighted by molar-refractivity contribution is -0.139. The third-order valence-electron chi connectivity index (χ3n) is 8.30. The number of benzene rings is 1. The normalized spacial score (nSPS) is 32.9. The smallest absolute Gasteiger partial charge is 0.265 e. The molecule has 0 aromatic heterocycles. The molecule has 3 saturated heterocycles. The van der Waals surface area contributed by atoms with E-state index in [0.29, 0.717) is 23.6 Å². The molecule has 4 aliphatic heterocycles. The minimum absolute atomic E-state index is 0.00812. The first-order valence-electron chi connectivity index (χ1n) is 12.1. The third-order valence-corrected chi connectivity index (χ3v) is 8.30. The van der Waals surface area contributed by atoms with Crippen molar-refractivity contribution in [2.45, 2.75) is 57.5 Å². The summed E-state index contributed by atoms with van der Waals surface area (Å²) in [7, 11) is 0. The minimum Gasteiger partial charge on any atom is -0.482 e. The Morgan fingerprint density at radius 3 is 2.68 bits per heavy atom. The largest absolute Gasteiger partial charge is 0.482 e. The molecule has 2 amide bonds. The highest BCUT2D eigenvalue weighted by Gasteiger charge is 2.48. The first kappa shape index (κ1) is 19.6. The standard InChI is InChI=1S/C25H33N3O3/c1-16-5-8-23-22(9-16)28(25(30)15-31-23)14-24(29)26-11-17-10-19(13-26)21-4-2-3-20(18-6-7-18)27(21)12-17/h5,8-9,17-21H,2-4,6-7,10-15H2,1H3/t17-,19+,20+,21-/m0/s1. The molecule has 166 valence electrons. The van der Waals surface area contributed by atoms with Gasteiger partial charge in [0, 0.05) is 31.7 Å². The van der Waals surface area contributed by atoms with Crippen LogP contribution in [0.3, 0.4) is 0 Å². The zero-order valence-electron chi connectivity index (χ0n) is 18.5. The molecule has 1 aliphatic carbocycles. The molecule has 1 aromatic rings. The number of amides is 2. The van der Waals surface area contributed by atoms with Crippen LogP contribution in [0.2, 0.25) is 0 Å². The average molecular weight is 424 g/mol. The topological polar surface area (TPSA) is 53.1 Å². The molecular formula is C25H33N3O3. The van der Waals surface area contributed by atoms with Crippen molar-refractivity contribution in [2.24, 2.45) is 17.8 Å². The summed E-state index contributed by atoms with van der Waals surface area (Å²) in [6.45, 7) is 4.98. The third kappa shape index (κ3) is 3.53. The van der Waals surface area contributed by atoms with E-state index in [1.807, 2.05) is 25.1 Å². The number of likely N-dealkylation sites (tertiary alicyclic amines) is 1. The summed E-state index contributed by atoms with van der Waals surface area (Å²) in [5, 5.41) is 0. The van der Waals surface area contributed by atoms with E-state index in [2.05, 4.69) is 9.80 Å². The molecule has 5 aliphatic rings. The number of carbonyl (C=O) groups is 2. The van der Waals surface area contributed by atoms with Gasteiger partial charge in [-0.05, 0) is 74.5 Å². The summed E-state index contributed by atoms with van der Waals surface area (Å²) in [5.41, 5.74) is 1.79. The molecule has 4 heterocycles. The van der Waals surface area contributed by atoms with Crippen molar-refractivity contribution >= 4 is 17.5 Å². The van der Waals surface area contributed by atoms with Gasteiger partial charge in [0.2, 0.25) is 5.91 Å². The van der Waals surface area contributed by atoms with E-state index in [-0.39, 0.29) is 25.0 Å². The van der Waals surface area contributed by atoms with Crippen LogP contribution in [0.25, 0.3) is 0 Å². The van der Waals surface area contributed by atoms with E-state index < -0.39 is 0 Å². The van der Waals surface area contributed by atoms with Gasteiger partial charge < -0.3 is 9.64 Å². The summed E-state index contributed by atoms with van der Waals surface area (Å²) in [5.74, 6) is 2.75. The van der Waals surface area contributed by atoms with Gasteiger partial charge in [-0.2, -0.15) is 0 Å². The molecule has 4 fully saturated rings. The van der Waals surface area contributed by atoms with Gasteiger partial charge in [0.1, 0.15) is 12.3 Å². The number of hydrogen-bond donors (Lipinski definition) is 0. The van der Waals surface area contributed by atoms with Gasteiger partial charge in [-0.25, -0.2) is 0 Å². The number of rotatable bonds is 3. The van der Waals surface area contributed by atoms with Crippen molar-refractivity contribution in [3.05, 3.63) is 23.8 Å². The van der Waals surface area contributed by atoms with Crippen molar-refractivity contribution in [3.8, 4) is 5.75 Å². The number of fused-ring (bicyclic) bond motifs is 5. The summed E-state index contributed by atoms with van der Waals surface area (Å²) in [6, 6.07) is 7.28. The van der Waals surface area contributed by atoms with E-state index in [0.717, 1.165) is 42.8 Å². The lowest BCUT2D eigenvalue weighted by Gasteiger charge is -2.55. The predicted octanol–water partition coefficient (Wildman–Crippen LogP) is 2.83. The van der Waals surface area contributed by atoms with Crippen LogP contribution in [-0.2, 0) is 9.59 Å². The number of piperidine rings is 3. The quantitative estimate of drug-likeness (QED) is 0.750.